The molecular formula is C24H23ClN2O3. The van der Waals surface area contributed by atoms with Gasteiger partial charge in [-0.05, 0) is 42.3 Å². The third-order valence-electron chi connectivity index (χ3n) is 5.46. The molecule has 3 aromatic rings. The lowest BCUT2D eigenvalue weighted by atomic mass is 9.92. The molecule has 0 spiro atoms. The number of furan rings is 1. The van der Waals surface area contributed by atoms with Crippen LogP contribution in [0.5, 0.6) is 0 Å². The van der Waals surface area contributed by atoms with Crippen molar-refractivity contribution in [3.05, 3.63) is 93.9 Å². The summed E-state index contributed by atoms with van der Waals surface area (Å²) in [5, 5.41) is 0.381. The standard InChI is InChI=1S/C24H23ClN2O3/c1-16-11-12-19(30-16)15-26(2)24(29)22-13-17-7-3-4-8-18(17)14-27(22)23(28)20-9-5-6-10-21(20)25/h3-12,22H,13-15H2,1-2H3. The molecule has 0 bridgehead atoms. The molecule has 1 aliphatic heterocycles. The molecule has 4 rings (SSSR count). The summed E-state index contributed by atoms with van der Waals surface area (Å²) in [5.41, 5.74) is 2.54. The molecule has 30 heavy (non-hydrogen) atoms. The van der Waals surface area contributed by atoms with Gasteiger partial charge >= 0.3 is 0 Å². The normalized spacial score (nSPS) is 15.6. The number of halogens is 1. The molecule has 0 N–H and O–H groups in total. The molecule has 0 radical (unpaired) electrons. The lowest BCUT2D eigenvalue weighted by molar-refractivity contribution is -0.136. The number of benzene rings is 2. The quantitative estimate of drug-likeness (QED) is 0.623. The Labute approximate surface area is 180 Å². The van der Waals surface area contributed by atoms with Gasteiger partial charge in [-0.2, -0.15) is 0 Å². The molecule has 5 nitrogen and oxygen atoms in total. The minimum atomic E-state index is -0.607. The molecule has 0 aliphatic carbocycles. The first-order valence-corrected chi connectivity index (χ1v) is 10.2. The maximum Gasteiger partial charge on any atom is 0.256 e. The number of hydrogen-bond donors (Lipinski definition) is 0. The zero-order valence-electron chi connectivity index (χ0n) is 17.0. The topological polar surface area (TPSA) is 53.8 Å². The van der Waals surface area contributed by atoms with Crippen LogP contribution >= 0.6 is 11.6 Å². The zero-order valence-corrected chi connectivity index (χ0v) is 17.7. The molecule has 154 valence electrons. The Hall–Kier alpha value is -3.05. The van der Waals surface area contributed by atoms with Crippen molar-refractivity contribution in [2.45, 2.75) is 32.5 Å². The van der Waals surface area contributed by atoms with Crippen LogP contribution in [0.15, 0.2) is 65.1 Å². The van der Waals surface area contributed by atoms with Gasteiger partial charge in [-0.3, -0.25) is 9.59 Å². The predicted octanol–water partition coefficient (Wildman–Crippen LogP) is 4.47. The largest absolute Gasteiger partial charge is 0.464 e. The Morgan fingerprint density at radius 2 is 1.77 bits per heavy atom. The number of hydrogen-bond acceptors (Lipinski definition) is 3. The highest BCUT2D eigenvalue weighted by Gasteiger charge is 2.37. The minimum absolute atomic E-state index is 0.126. The number of carbonyl (C=O) groups is 2. The lowest BCUT2D eigenvalue weighted by Crippen LogP contribution is -2.52. The van der Waals surface area contributed by atoms with E-state index in [9.17, 15) is 9.59 Å². The summed E-state index contributed by atoms with van der Waals surface area (Å²) in [5.74, 6) is 1.14. The van der Waals surface area contributed by atoms with E-state index in [1.807, 2.05) is 43.3 Å². The third-order valence-corrected chi connectivity index (χ3v) is 5.79. The second-order valence-electron chi connectivity index (χ2n) is 7.61. The van der Waals surface area contributed by atoms with Crippen molar-refractivity contribution in [2.75, 3.05) is 7.05 Å². The van der Waals surface area contributed by atoms with Crippen LogP contribution in [0.4, 0.5) is 0 Å². The molecular weight excluding hydrogens is 400 g/mol. The SMILES string of the molecule is Cc1ccc(CN(C)C(=O)C2Cc3ccccc3CN2C(=O)c2ccccc2Cl)o1. The van der Waals surface area contributed by atoms with E-state index < -0.39 is 6.04 Å². The number of rotatable bonds is 4. The molecule has 1 atom stereocenters. The van der Waals surface area contributed by atoms with Gasteiger partial charge in [-0.1, -0.05) is 48.0 Å². The van der Waals surface area contributed by atoms with Crippen LogP contribution in [0.2, 0.25) is 5.02 Å². The average Bonchev–Trinajstić information content (AvgIpc) is 3.16. The second-order valence-corrected chi connectivity index (χ2v) is 8.02. The van der Waals surface area contributed by atoms with Gasteiger partial charge in [0.2, 0.25) is 5.91 Å². The summed E-state index contributed by atoms with van der Waals surface area (Å²) in [6.07, 6.45) is 0.465. The van der Waals surface area contributed by atoms with Crippen LogP contribution < -0.4 is 0 Å². The van der Waals surface area contributed by atoms with Crippen LogP contribution in [-0.2, 0) is 24.3 Å². The second kappa shape index (κ2) is 8.36. The van der Waals surface area contributed by atoms with E-state index in [-0.39, 0.29) is 11.8 Å². The average molecular weight is 423 g/mol. The Morgan fingerprint density at radius 3 is 2.47 bits per heavy atom. The van der Waals surface area contributed by atoms with Gasteiger partial charge in [-0.15, -0.1) is 0 Å². The van der Waals surface area contributed by atoms with E-state index in [2.05, 4.69) is 0 Å². The number of fused-ring (bicyclic) bond motifs is 1. The van der Waals surface area contributed by atoms with E-state index >= 15 is 0 Å². The number of nitrogens with zero attached hydrogens (tertiary/aromatic N) is 2. The Balaban J connectivity index is 1.64. The molecule has 1 aliphatic rings. The molecule has 1 aromatic heterocycles. The molecule has 2 amide bonds. The van der Waals surface area contributed by atoms with Gasteiger partial charge in [0, 0.05) is 20.0 Å². The van der Waals surface area contributed by atoms with Crippen LogP contribution in [0.25, 0.3) is 0 Å². The van der Waals surface area contributed by atoms with E-state index in [0.29, 0.717) is 35.9 Å². The molecule has 0 saturated carbocycles. The number of carbonyl (C=O) groups excluding carboxylic acids is 2. The van der Waals surface area contributed by atoms with E-state index in [1.165, 1.54) is 0 Å². The van der Waals surface area contributed by atoms with Crippen molar-refractivity contribution < 1.29 is 14.0 Å². The maximum absolute atomic E-state index is 13.4. The molecule has 1 unspecified atom stereocenters. The maximum atomic E-state index is 13.4. The van der Waals surface area contributed by atoms with Crippen LogP contribution in [-0.4, -0.2) is 34.7 Å². The Kier molecular flexibility index (Phi) is 5.64. The van der Waals surface area contributed by atoms with Crippen molar-refractivity contribution in [1.29, 1.82) is 0 Å². The summed E-state index contributed by atoms with van der Waals surface area (Å²) in [6.45, 7) is 2.58. The predicted molar refractivity (Wildman–Crippen MR) is 115 cm³/mol. The highest BCUT2D eigenvalue weighted by molar-refractivity contribution is 6.33. The summed E-state index contributed by atoms with van der Waals surface area (Å²) in [4.78, 5) is 30.0. The van der Waals surface area contributed by atoms with Crippen LogP contribution in [0.1, 0.15) is 33.0 Å². The van der Waals surface area contributed by atoms with Crippen molar-refractivity contribution in [2.24, 2.45) is 0 Å². The number of aryl methyl sites for hydroxylation is 1. The van der Waals surface area contributed by atoms with Crippen molar-refractivity contribution >= 4 is 23.4 Å². The lowest BCUT2D eigenvalue weighted by Gasteiger charge is -2.38. The number of amides is 2. The number of likely N-dealkylation sites (N-methyl/N-ethyl adjacent to an activating group) is 1. The smallest absolute Gasteiger partial charge is 0.256 e. The van der Waals surface area contributed by atoms with Gasteiger partial charge in [0.1, 0.15) is 17.6 Å². The van der Waals surface area contributed by atoms with E-state index in [0.717, 1.165) is 16.9 Å². The monoisotopic (exact) mass is 422 g/mol. The Morgan fingerprint density at radius 1 is 1.07 bits per heavy atom. The summed E-state index contributed by atoms with van der Waals surface area (Å²) in [7, 11) is 1.73. The van der Waals surface area contributed by atoms with Gasteiger partial charge < -0.3 is 14.2 Å². The molecule has 6 heteroatoms. The zero-order chi connectivity index (χ0) is 21.3. The fraction of sp³-hybridized carbons (Fsp3) is 0.250. The molecule has 2 heterocycles. The molecule has 2 aromatic carbocycles. The van der Waals surface area contributed by atoms with Crippen molar-refractivity contribution in [3.63, 3.8) is 0 Å². The summed E-state index contributed by atoms with van der Waals surface area (Å²) >= 11 is 6.28. The fourth-order valence-corrected chi connectivity index (χ4v) is 4.10. The van der Waals surface area contributed by atoms with Gasteiger partial charge in [-0.25, -0.2) is 0 Å². The van der Waals surface area contributed by atoms with Gasteiger partial charge in [0.15, 0.2) is 0 Å². The molecule has 0 saturated heterocycles. The summed E-state index contributed by atoms with van der Waals surface area (Å²) < 4.78 is 5.62. The van der Waals surface area contributed by atoms with E-state index in [4.69, 9.17) is 16.0 Å². The van der Waals surface area contributed by atoms with E-state index in [1.54, 1.807) is 41.1 Å². The first-order chi connectivity index (χ1) is 14.4. The van der Waals surface area contributed by atoms with Crippen LogP contribution in [0.3, 0.4) is 0 Å². The summed E-state index contributed by atoms with van der Waals surface area (Å²) in [6, 6.07) is 18.0. The van der Waals surface area contributed by atoms with Crippen LogP contribution in [0, 0.1) is 6.92 Å². The molecule has 0 fully saturated rings. The first kappa shape index (κ1) is 20.2. The third kappa shape index (κ3) is 3.98. The highest BCUT2D eigenvalue weighted by Crippen LogP contribution is 2.28. The minimum Gasteiger partial charge on any atom is -0.464 e. The first-order valence-electron chi connectivity index (χ1n) is 9.86. The van der Waals surface area contributed by atoms with Crippen molar-refractivity contribution in [1.82, 2.24) is 9.80 Å². The van der Waals surface area contributed by atoms with Crippen molar-refractivity contribution in [3.8, 4) is 0 Å². The Bertz CT molecular complexity index is 1090. The highest BCUT2D eigenvalue weighted by atomic mass is 35.5. The fourth-order valence-electron chi connectivity index (χ4n) is 3.88. The van der Waals surface area contributed by atoms with Gasteiger partial charge in [0.25, 0.3) is 5.91 Å². The van der Waals surface area contributed by atoms with Gasteiger partial charge in [0.05, 0.1) is 17.1 Å².